The number of aromatic nitrogens is 2. The summed E-state index contributed by atoms with van der Waals surface area (Å²) in [7, 11) is 3.64. The summed E-state index contributed by atoms with van der Waals surface area (Å²) < 4.78 is 2.78. The first-order valence-electron chi connectivity index (χ1n) is 7.74. The smallest absolute Gasteiger partial charge is 0.241 e. The first-order valence-corrected chi connectivity index (χ1v) is 8.53. The number of halogens is 1. The van der Waals surface area contributed by atoms with E-state index in [9.17, 15) is 4.79 Å². The average Bonchev–Trinajstić information content (AvgIpc) is 3.22. The molecule has 1 saturated carbocycles. The van der Waals surface area contributed by atoms with Gasteiger partial charge in [-0.3, -0.25) is 9.48 Å². The minimum absolute atomic E-state index is 0.0122. The fraction of sp³-hybridized carbons (Fsp3) is 0.412. The molecule has 0 bridgehead atoms. The van der Waals surface area contributed by atoms with Gasteiger partial charge in [0.1, 0.15) is 6.04 Å². The van der Waals surface area contributed by atoms with Gasteiger partial charge in [0.25, 0.3) is 0 Å². The Bertz CT molecular complexity index is 708. The first kappa shape index (κ1) is 16.2. The van der Waals surface area contributed by atoms with Gasteiger partial charge in [0.15, 0.2) is 0 Å². The van der Waals surface area contributed by atoms with Gasteiger partial charge in [-0.1, -0.05) is 28.1 Å². The third kappa shape index (κ3) is 3.48. The lowest BCUT2D eigenvalue weighted by Gasteiger charge is -2.20. The van der Waals surface area contributed by atoms with Crippen LogP contribution in [0.3, 0.4) is 0 Å². The molecule has 0 radical (unpaired) electrons. The van der Waals surface area contributed by atoms with Gasteiger partial charge in [0.2, 0.25) is 5.91 Å². The Balaban J connectivity index is 1.66. The number of nitrogens with one attached hydrogen (secondary N) is 2. The standard InChI is InChI=1S/C17H21BrN4O/c1-19-15(12-9-21-22(2)10-12)16(23)20-11-17(6-7-17)13-4-3-5-14(18)8-13/h3-5,8-10,15,19H,6-7,11H2,1-2H3,(H,20,23). The molecule has 122 valence electrons. The molecule has 5 nitrogen and oxygen atoms in total. The maximum absolute atomic E-state index is 12.5. The molecule has 1 aliphatic rings. The van der Waals surface area contributed by atoms with Crippen molar-refractivity contribution in [2.45, 2.75) is 24.3 Å². The molecule has 1 amide bonds. The second kappa shape index (κ2) is 6.45. The fourth-order valence-electron chi connectivity index (χ4n) is 2.93. The van der Waals surface area contributed by atoms with Crippen LogP contribution >= 0.6 is 15.9 Å². The normalized spacial score (nSPS) is 16.8. The SMILES string of the molecule is CNC(C(=O)NCC1(c2cccc(Br)c2)CC1)c1cnn(C)c1. The van der Waals surface area contributed by atoms with Crippen molar-refractivity contribution in [2.75, 3.05) is 13.6 Å². The third-order valence-electron chi connectivity index (χ3n) is 4.50. The minimum Gasteiger partial charge on any atom is -0.354 e. The van der Waals surface area contributed by atoms with Crippen LogP contribution in [-0.4, -0.2) is 29.3 Å². The number of rotatable bonds is 6. The zero-order chi connectivity index (χ0) is 16.4. The Hall–Kier alpha value is -1.66. The van der Waals surface area contributed by atoms with Gasteiger partial charge in [0.05, 0.1) is 6.20 Å². The summed E-state index contributed by atoms with van der Waals surface area (Å²) >= 11 is 3.52. The Morgan fingerprint density at radius 1 is 1.48 bits per heavy atom. The van der Waals surface area contributed by atoms with Crippen molar-refractivity contribution >= 4 is 21.8 Å². The van der Waals surface area contributed by atoms with Crippen LogP contribution < -0.4 is 10.6 Å². The largest absolute Gasteiger partial charge is 0.354 e. The quantitative estimate of drug-likeness (QED) is 0.812. The Morgan fingerprint density at radius 2 is 2.26 bits per heavy atom. The maximum Gasteiger partial charge on any atom is 0.241 e. The molecule has 0 spiro atoms. The Labute approximate surface area is 144 Å². The molecule has 1 aliphatic carbocycles. The van der Waals surface area contributed by atoms with Gasteiger partial charge in [-0.2, -0.15) is 5.10 Å². The molecule has 3 rings (SSSR count). The van der Waals surface area contributed by atoms with E-state index in [1.165, 1.54) is 5.56 Å². The number of hydrogen-bond donors (Lipinski definition) is 2. The van der Waals surface area contributed by atoms with Crippen LogP contribution in [0.25, 0.3) is 0 Å². The summed E-state index contributed by atoms with van der Waals surface area (Å²) in [4.78, 5) is 12.5. The molecule has 1 heterocycles. The van der Waals surface area contributed by atoms with E-state index in [-0.39, 0.29) is 17.4 Å². The number of hydrogen-bond acceptors (Lipinski definition) is 3. The van der Waals surface area contributed by atoms with Crippen LogP contribution in [0.2, 0.25) is 0 Å². The number of nitrogens with zero attached hydrogens (tertiary/aromatic N) is 2. The van der Waals surface area contributed by atoms with Gasteiger partial charge >= 0.3 is 0 Å². The van der Waals surface area contributed by atoms with Gasteiger partial charge in [0, 0.05) is 35.2 Å². The zero-order valence-corrected chi connectivity index (χ0v) is 14.9. The predicted octanol–water partition coefficient (Wildman–Crippen LogP) is 2.29. The number of benzene rings is 1. The number of likely N-dealkylation sites (N-methyl/N-ethyl adjacent to an activating group) is 1. The second-order valence-corrected chi connectivity index (χ2v) is 7.09. The van der Waals surface area contributed by atoms with Crippen LogP contribution in [0.4, 0.5) is 0 Å². The monoisotopic (exact) mass is 376 g/mol. The highest BCUT2D eigenvalue weighted by molar-refractivity contribution is 9.10. The number of amides is 1. The van der Waals surface area contributed by atoms with Crippen LogP contribution in [0.15, 0.2) is 41.1 Å². The summed E-state index contributed by atoms with van der Waals surface area (Å²) in [6.07, 6.45) is 5.81. The van der Waals surface area contributed by atoms with Crippen LogP contribution in [0.5, 0.6) is 0 Å². The molecule has 2 aromatic rings. The molecular formula is C17H21BrN4O. The highest BCUT2D eigenvalue weighted by Gasteiger charge is 2.44. The Morgan fingerprint density at radius 3 is 2.83 bits per heavy atom. The average molecular weight is 377 g/mol. The van der Waals surface area contributed by atoms with Gasteiger partial charge in [-0.05, 0) is 37.6 Å². The highest BCUT2D eigenvalue weighted by Crippen LogP contribution is 2.48. The minimum atomic E-state index is -0.373. The molecule has 0 saturated heterocycles. The van der Waals surface area contributed by atoms with Gasteiger partial charge in [-0.15, -0.1) is 0 Å². The van der Waals surface area contributed by atoms with Crippen LogP contribution in [0, 0.1) is 0 Å². The number of carbonyl (C=O) groups is 1. The van der Waals surface area contributed by atoms with E-state index in [0.717, 1.165) is 22.9 Å². The van der Waals surface area contributed by atoms with Crippen molar-refractivity contribution in [2.24, 2.45) is 7.05 Å². The highest BCUT2D eigenvalue weighted by atomic mass is 79.9. The maximum atomic E-state index is 12.5. The number of aryl methyl sites for hydroxylation is 1. The zero-order valence-electron chi connectivity index (χ0n) is 13.3. The summed E-state index contributed by atoms with van der Waals surface area (Å²) in [5.74, 6) is -0.0122. The van der Waals surface area contributed by atoms with Crippen molar-refractivity contribution in [3.05, 3.63) is 52.3 Å². The lowest BCUT2D eigenvalue weighted by Crippen LogP contribution is -2.39. The molecule has 6 heteroatoms. The van der Waals surface area contributed by atoms with E-state index in [1.54, 1.807) is 17.9 Å². The molecule has 23 heavy (non-hydrogen) atoms. The van der Waals surface area contributed by atoms with Crippen LogP contribution in [-0.2, 0) is 17.3 Å². The van der Waals surface area contributed by atoms with Crippen molar-refractivity contribution in [1.82, 2.24) is 20.4 Å². The van der Waals surface area contributed by atoms with Crippen molar-refractivity contribution < 1.29 is 4.79 Å². The number of carbonyl (C=O) groups excluding carboxylic acids is 1. The summed E-state index contributed by atoms with van der Waals surface area (Å²) in [6, 6.07) is 7.99. The van der Waals surface area contributed by atoms with Gasteiger partial charge < -0.3 is 10.6 Å². The topological polar surface area (TPSA) is 59.0 Å². The lowest BCUT2D eigenvalue weighted by atomic mass is 9.96. The van der Waals surface area contributed by atoms with Crippen molar-refractivity contribution in [3.8, 4) is 0 Å². The molecule has 1 aromatic heterocycles. The van der Waals surface area contributed by atoms with E-state index in [1.807, 2.05) is 25.4 Å². The van der Waals surface area contributed by atoms with E-state index < -0.39 is 0 Å². The molecule has 0 aliphatic heterocycles. The predicted molar refractivity (Wildman–Crippen MR) is 93.1 cm³/mol. The van der Waals surface area contributed by atoms with Crippen molar-refractivity contribution in [3.63, 3.8) is 0 Å². The molecule has 2 N–H and O–H groups in total. The van der Waals surface area contributed by atoms with Gasteiger partial charge in [-0.25, -0.2) is 0 Å². The second-order valence-electron chi connectivity index (χ2n) is 6.18. The van der Waals surface area contributed by atoms with E-state index >= 15 is 0 Å². The third-order valence-corrected chi connectivity index (χ3v) is 4.99. The summed E-state index contributed by atoms with van der Waals surface area (Å²) in [5.41, 5.74) is 2.25. The molecule has 1 unspecified atom stereocenters. The summed E-state index contributed by atoms with van der Waals surface area (Å²) in [5, 5.41) is 10.3. The molecular weight excluding hydrogens is 356 g/mol. The van der Waals surface area contributed by atoms with E-state index in [2.05, 4.69) is 43.8 Å². The Kier molecular flexibility index (Phi) is 4.55. The molecule has 1 aromatic carbocycles. The lowest BCUT2D eigenvalue weighted by molar-refractivity contribution is -0.123. The van der Waals surface area contributed by atoms with E-state index in [4.69, 9.17) is 0 Å². The van der Waals surface area contributed by atoms with Crippen LogP contribution in [0.1, 0.15) is 30.0 Å². The summed E-state index contributed by atoms with van der Waals surface area (Å²) in [6.45, 7) is 0.667. The molecule has 1 atom stereocenters. The first-order chi connectivity index (χ1) is 11.0. The van der Waals surface area contributed by atoms with Crippen molar-refractivity contribution in [1.29, 1.82) is 0 Å². The molecule has 1 fully saturated rings. The fourth-order valence-corrected chi connectivity index (χ4v) is 3.33. The van der Waals surface area contributed by atoms with E-state index in [0.29, 0.717) is 6.54 Å².